The molecule has 0 aromatic rings. The Bertz CT molecular complexity index is 165. The summed E-state index contributed by atoms with van der Waals surface area (Å²) in [7, 11) is 0. The number of hydrogen-bond donors (Lipinski definition) is 2. The van der Waals surface area contributed by atoms with Gasteiger partial charge in [-0.15, -0.1) is 0 Å². The lowest BCUT2D eigenvalue weighted by atomic mass is 9.91. The predicted molar refractivity (Wildman–Crippen MR) is 41.9 cm³/mol. The van der Waals surface area contributed by atoms with Gasteiger partial charge in [-0.1, -0.05) is 6.42 Å². The fourth-order valence-electron chi connectivity index (χ4n) is 1.41. The van der Waals surface area contributed by atoms with Gasteiger partial charge >= 0.3 is 0 Å². The minimum absolute atomic E-state index is 0.0405. The van der Waals surface area contributed by atoms with Gasteiger partial charge in [0, 0.05) is 6.04 Å². The second-order valence-electron chi connectivity index (χ2n) is 3.26. The number of nitrogens with zero attached hydrogens (tertiary/aromatic N) is 1. The number of nitriles is 1. The SMILES string of the molecule is CC(O)(C#N)C1CCCCN1. The highest BCUT2D eigenvalue weighted by atomic mass is 16.3. The minimum Gasteiger partial charge on any atom is -0.374 e. The van der Waals surface area contributed by atoms with E-state index in [2.05, 4.69) is 5.32 Å². The molecule has 0 aromatic heterocycles. The molecule has 1 rings (SSSR count). The lowest BCUT2D eigenvalue weighted by Crippen LogP contribution is -2.50. The Labute approximate surface area is 67.0 Å². The fourth-order valence-corrected chi connectivity index (χ4v) is 1.41. The number of piperidine rings is 1. The molecule has 1 heterocycles. The van der Waals surface area contributed by atoms with Crippen LogP contribution in [0, 0.1) is 11.3 Å². The van der Waals surface area contributed by atoms with Crippen LogP contribution in [0.4, 0.5) is 0 Å². The maximum absolute atomic E-state index is 9.52. The summed E-state index contributed by atoms with van der Waals surface area (Å²) in [5, 5.41) is 21.3. The number of rotatable bonds is 1. The molecule has 2 atom stereocenters. The van der Waals surface area contributed by atoms with Gasteiger partial charge in [0.1, 0.15) is 0 Å². The first-order chi connectivity index (χ1) is 5.17. The molecule has 0 bridgehead atoms. The molecule has 0 amide bonds. The summed E-state index contributed by atoms with van der Waals surface area (Å²) in [6.07, 6.45) is 3.16. The quantitative estimate of drug-likeness (QED) is 0.538. The van der Waals surface area contributed by atoms with E-state index in [1.165, 1.54) is 0 Å². The molecule has 1 aliphatic heterocycles. The molecule has 11 heavy (non-hydrogen) atoms. The summed E-state index contributed by atoms with van der Waals surface area (Å²) < 4.78 is 0. The van der Waals surface area contributed by atoms with Crippen molar-refractivity contribution in [3.63, 3.8) is 0 Å². The van der Waals surface area contributed by atoms with Crippen molar-refractivity contribution in [2.75, 3.05) is 6.54 Å². The molecule has 0 radical (unpaired) electrons. The Hall–Kier alpha value is -0.590. The highest BCUT2D eigenvalue weighted by Gasteiger charge is 2.32. The van der Waals surface area contributed by atoms with Gasteiger partial charge in [0.2, 0.25) is 0 Å². The Kier molecular flexibility index (Phi) is 2.48. The summed E-state index contributed by atoms with van der Waals surface area (Å²) >= 11 is 0. The molecule has 3 heteroatoms. The van der Waals surface area contributed by atoms with Crippen molar-refractivity contribution in [1.82, 2.24) is 5.32 Å². The zero-order chi connectivity index (χ0) is 8.32. The molecular formula is C8H14N2O. The largest absolute Gasteiger partial charge is 0.374 e. The van der Waals surface area contributed by atoms with Crippen LogP contribution in [-0.4, -0.2) is 23.3 Å². The summed E-state index contributed by atoms with van der Waals surface area (Å²) in [5.74, 6) is 0. The normalized spacial score (nSPS) is 30.5. The number of hydrogen-bond acceptors (Lipinski definition) is 3. The molecule has 0 aromatic carbocycles. The average molecular weight is 154 g/mol. The van der Waals surface area contributed by atoms with Crippen LogP contribution in [0.3, 0.4) is 0 Å². The molecule has 62 valence electrons. The topological polar surface area (TPSA) is 56.0 Å². The van der Waals surface area contributed by atoms with E-state index in [-0.39, 0.29) is 6.04 Å². The van der Waals surface area contributed by atoms with Crippen molar-refractivity contribution >= 4 is 0 Å². The number of aliphatic hydroxyl groups is 1. The second-order valence-corrected chi connectivity index (χ2v) is 3.26. The van der Waals surface area contributed by atoms with Crippen molar-refractivity contribution in [2.24, 2.45) is 0 Å². The van der Waals surface area contributed by atoms with Crippen LogP contribution >= 0.6 is 0 Å². The van der Waals surface area contributed by atoms with E-state index in [9.17, 15) is 5.11 Å². The van der Waals surface area contributed by atoms with Gasteiger partial charge in [0.25, 0.3) is 0 Å². The van der Waals surface area contributed by atoms with Gasteiger partial charge < -0.3 is 10.4 Å². The van der Waals surface area contributed by atoms with Crippen molar-refractivity contribution < 1.29 is 5.11 Å². The van der Waals surface area contributed by atoms with E-state index < -0.39 is 5.60 Å². The van der Waals surface area contributed by atoms with Crippen LogP contribution in [-0.2, 0) is 0 Å². The van der Waals surface area contributed by atoms with Gasteiger partial charge in [-0.2, -0.15) is 5.26 Å². The zero-order valence-electron chi connectivity index (χ0n) is 6.80. The lowest BCUT2D eigenvalue weighted by molar-refractivity contribution is 0.0626. The first kappa shape index (κ1) is 8.51. The van der Waals surface area contributed by atoms with Crippen molar-refractivity contribution in [1.29, 1.82) is 5.26 Å². The molecule has 2 N–H and O–H groups in total. The summed E-state index contributed by atoms with van der Waals surface area (Å²) in [5.41, 5.74) is -1.19. The van der Waals surface area contributed by atoms with Crippen LogP contribution in [0.5, 0.6) is 0 Å². The van der Waals surface area contributed by atoms with Crippen LogP contribution in [0.2, 0.25) is 0 Å². The zero-order valence-corrected chi connectivity index (χ0v) is 6.80. The molecule has 3 nitrogen and oxygen atoms in total. The molecule has 0 aliphatic carbocycles. The van der Waals surface area contributed by atoms with E-state index in [0.29, 0.717) is 0 Å². The van der Waals surface area contributed by atoms with Crippen molar-refractivity contribution in [3.05, 3.63) is 0 Å². The standard InChI is InChI=1S/C8H14N2O/c1-8(11,6-9)7-4-2-3-5-10-7/h7,10-11H,2-5H2,1H3. The lowest BCUT2D eigenvalue weighted by Gasteiger charge is -2.31. The predicted octanol–water partition coefficient (Wildman–Crippen LogP) is 0.403. The molecule has 1 aliphatic rings. The van der Waals surface area contributed by atoms with Crippen LogP contribution in [0.15, 0.2) is 0 Å². The van der Waals surface area contributed by atoms with E-state index in [0.717, 1.165) is 25.8 Å². The van der Waals surface area contributed by atoms with Crippen LogP contribution < -0.4 is 5.32 Å². The molecule has 1 saturated heterocycles. The van der Waals surface area contributed by atoms with Crippen LogP contribution in [0.25, 0.3) is 0 Å². The van der Waals surface area contributed by atoms with Crippen molar-refractivity contribution in [3.8, 4) is 6.07 Å². The molecule has 0 saturated carbocycles. The maximum Gasteiger partial charge on any atom is 0.163 e. The number of nitrogens with one attached hydrogen (secondary N) is 1. The van der Waals surface area contributed by atoms with Gasteiger partial charge in [0.05, 0.1) is 6.07 Å². The van der Waals surface area contributed by atoms with E-state index in [4.69, 9.17) is 5.26 Å². The highest BCUT2D eigenvalue weighted by Crippen LogP contribution is 2.17. The van der Waals surface area contributed by atoms with Crippen molar-refractivity contribution in [2.45, 2.75) is 37.8 Å². The summed E-state index contributed by atoms with van der Waals surface area (Å²) in [6, 6.07) is 1.86. The van der Waals surface area contributed by atoms with E-state index in [1.54, 1.807) is 6.92 Å². The van der Waals surface area contributed by atoms with E-state index >= 15 is 0 Å². The smallest absolute Gasteiger partial charge is 0.163 e. The Morgan fingerprint density at radius 2 is 2.36 bits per heavy atom. The fraction of sp³-hybridized carbons (Fsp3) is 0.875. The Morgan fingerprint density at radius 3 is 2.82 bits per heavy atom. The Morgan fingerprint density at radius 1 is 1.64 bits per heavy atom. The first-order valence-corrected chi connectivity index (χ1v) is 4.04. The highest BCUT2D eigenvalue weighted by molar-refractivity contribution is 5.05. The monoisotopic (exact) mass is 154 g/mol. The van der Waals surface area contributed by atoms with Gasteiger partial charge in [0.15, 0.2) is 5.60 Å². The Balaban J connectivity index is 2.52. The second kappa shape index (κ2) is 3.21. The average Bonchev–Trinajstić information content (AvgIpc) is 2.06. The minimum atomic E-state index is -1.19. The molecule has 0 spiro atoms. The maximum atomic E-state index is 9.52. The third-order valence-electron chi connectivity index (χ3n) is 2.22. The third kappa shape index (κ3) is 1.92. The van der Waals surface area contributed by atoms with Gasteiger partial charge in [-0.3, -0.25) is 0 Å². The van der Waals surface area contributed by atoms with Crippen LogP contribution in [0.1, 0.15) is 26.2 Å². The summed E-state index contributed by atoms with van der Waals surface area (Å²) in [4.78, 5) is 0. The first-order valence-electron chi connectivity index (χ1n) is 4.04. The van der Waals surface area contributed by atoms with Gasteiger partial charge in [-0.05, 0) is 26.3 Å². The summed E-state index contributed by atoms with van der Waals surface area (Å²) in [6.45, 7) is 2.48. The molecular weight excluding hydrogens is 140 g/mol. The van der Waals surface area contributed by atoms with Gasteiger partial charge in [-0.25, -0.2) is 0 Å². The molecule has 1 fully saturated rings. The molecule has 2 unspecified atom stereocenters. The van der Waals surface area contributed by atoms with E-state index in [1.807, 2.05) is 6.07 Å². The third-order valence-corrected chi connectivity index (χ3v) is 2.22.